The summed E-state index contributed by atoms with van der Waals surface area (Å²) in [5, 5.41) is 8.31. The zero-order valence-corrected chi connectivity index (χ0v) is 17.8. The molecule has 2 rings (SSSR count). The number of anilines is 1. The number of hydrogen-bond acceptors (Lipinski definition) is 4. The van der Waals surface area contributed by atoms with Gasteiger partial charge in [-0.1, -0.05) is 30.3 Å². The molecule has 1 unspecified atom stereocenters. The summed E-state index contributed by atoms with van der Waals surface area (Å²) in [6.45, 7) is 7.37. The lowest BCUT2D eigenvalue weighted by molar-refractivity contribution is -0.121. The van der Waals surface area contributed by atoms with Crippen molar-refractivity contribution in [3.63, 3.8) is 0 Å². The molecular formula is C23H29N3O4. The van der Waals surface area contributed by atoms with Crippen LogP contribution in [0.25, 0.3) is 0 Å². The van der Waals surface area contributed by atoms with Crippen LogP contribution >= 0.6 is 0 Å². The van der Waals surface area contributed by atoms with E-state index in [1.54, 1.807) is 51.1 Å². The first-order valence-electron chi connectivity index (χ1n) is 9.86. The fourth-order valence-electron chi connectivity index (χ4n) is 2.67. The second-order valence-corrected chi connectivity index (χ2v) is 7.91. The molecule has 0 aliphatic carbocycles. The van der Waals surface area contributed by atoms with Gasteiger partial charge >= 0.3 is 6.09 Å². The SMILES string of the molecule is CC(NC(=O)CCNC(=O)OC(C)(C)C)c1cccc(NC(=O)c2ccccc2)c1. The molecule has 0 bridgehead atoms. The fourth-order valence-corrected chi connectivity index (χ4v) is 2.67. The molecule has 30 heavy (non-hydrogen) atoms. The Morgan fingerprint density at radius 3 is 2.37 bits per heavy atom. The van der Waals surface area contributed by atoms with Crippen LogP contribution in [0.1, 0.15) is 56.1 Å². The number of carbonyl (C=O) groups is 3. The van der Waals surface area contributed by atoms with E-state index in [0.29, 0.717) is 11.3 Å². The fraction of sp³-hybridized carbons (Fsp3) is 0.348. The first-order valence-corrected chi connectivity index (χ1v) is 9.86. The molecule has 1 atom stereocenters. The van der Waals surface area contributed by atoms with Gasteiger partial charge in [-0.2, -0.15) is 0 Å². The minimum Gasteiger partial charge on any atom is -0.444 e. The Morgan fingerprint density at radius 1 is 1.00 bits per heavy atom. The molecule has 7 heteroatoms. The van der Waals surface area contributed by atoms with Crippen molar-refractivity contribution in [2.45, 2.75) is 45.8 Å². The highest BCUT2D eigenvalue weighted by molar-refractivity contribution is 6.04. The summed E-state index contributed by atoms with van der Waals surface area (Å²) in [5.74, 6) is -0.394. The number of amides is 3. The van der Waals surface area contributed by atoms with Gasteiger partial charge in [0.05, 0.1) is 6.04 Å². The summed E-state index contributed by atoms with van der Waals surface area (Å²) in [6.07, 6.45) is -0.418. The summed E-state index contributed by atoms with van der Waals surface area (Å²) in [4.78, 5) is 36.1. The molecular weight excluding hydrogens is 382 g/mol. The Kier molecular flexibility index (Phi) is 7.98. The molecule has 3 amide bonds. The maximum absolute atomic E-state index is 12.3. The van der Waals surface area contributed by atoms with E-state index in [4.69, 9.17) is 4.74 Å². The van der Waals surface area contributed by atoms with Gasteiger partial charge in [0.2, 0.25) is 5.91 Å². The van der Waals surface area contributed by atoms with E-state index in [1.165, 1.54) is 0 Å². The molecule has 0 saturated heterocycles. The third-order valence-corrected chi connectivity index (χ3v) is 4.08. The highest BCUT2D eigenvalue weighted by Crippen LogP contribution is 2.18. The number of ether oxygens (including phenoxy) is 1. The van der Waals surface area contributed by atoms with Crippen molar-refractivity contribution in [1.82, 2.24) is 10.6 Å². The van der Waals surface area contributed by atoms with Crippen LogP contribution in [-0.4, -0.2) is 30.1 Å². The van der Waals surface area contributed by atoms with Crippen LogP contribution in [0.4, 0.5) is 10.5 Å². The molecule has 160 valence electrons. The standard InChI is InChI=1S/C23H29N3O4/c1-16(25-20(27)13-14-24-22(29)30-23(2,3)4)18-11-8-12-19(15-18)26-21(28)17-9-6-5-7-10-17/h5-12,15-16H,13-14H2,1-4H3,(H,24,29)(H,25,27)(H,26,28). The second kappa shape index (κ2) is 10.4. The average Bonchev–Trinajstić information content (AvgIpc) is 2.67. The molecule has 0 saturated carbocycles. The quantitative estimate of drug-likeness (QED) is 0.641. The topological polar surface area (TPSA) is 96.5 Å². The molecule has 0 spiro atoms. The van der Waals surface area contributed by atoms with Crippen molar-refractivity contribution >= 4 is 23.6 Å². The first-order chi connectivity index (χ1) is 14.1. The predicted molar refractivity (Wildman–Crippen MR) is 116 cm³/mol. The first kappa shape index (κ1) is 22.9. The van der Waals surface area contributed by atoms with Gasteiger partial charge in [0.25, 0.3) is 5.91 Å². The molecule has 0 heterocycles. The van der Waals surface area contributed by atoms with Crippen LogP contribution < -0.4 is 16.0 Å². The molecule has 0 aliphatic rings. The van der Waals surface area contributed by atoms with Crippen LogP contribution in [0, 0.1) is 0 Å². The van der Waals surface area contributed by atoms with Gasteiger partial charge in [-0.3, -0.25) is 9.59 Å². The van der Waals surface area contributed by atoms with E-state index >= 15 is 0 Å². The van der Waals surface area contributed by atoms with Gasteiger partial charge < -0.3 is 20.7 Å². The largest absolute Gasteiger partial charge is 0.444 e. The van der Waals surface area contributed by atoms with E-state index in [9.17, 15) is 14.4 Å². The lowest BCUT2D eigenvalue weighted by atomic mass is 10.1. The van der Waals surface area contributed by atoms with E-state index in [0.717, 1.165) is 5.56 Å². The van der Waals surface area contributed by atoms with Crippen molar-refractivity contribution in [3.05, 3.63) is 65.7 Å². The lowest BCUT2D eigenvalue weighted by Crippen LogP contribution is -2.35. The molecule has 2 aromatic rings. The average molecular weight is 412 g/mol. The molecule has 3 N–H and O–H groups in total. The van der Waals surface area contributed by atoms with Crippen LogP contribution in [0.3, 0.4) is 0 Å². The van der Waals surface area contributed by atoms with Gasteiger partial charge in [-0.15, -0.1) is 0 Å². The Balaban J connectivity index is 1.84. The van der Waals surface area contributed by atoms with Gasteiger partial charge in [0.15, 0.2) is 0 Å². The zero-order chi connectivity index (χ0) is 22.1. The third-order valence-electron chi connectivity index (χ3n) is 4.08. The van der Waals surface area contributed by atoms with Crippen LogP contribution in [0.2, 0.25) is 0 Å². The summed E-state index contributed by atoms with van der Waals surface area (Å²) in [7, 11) is 0. The van der Waals surface area contributed by atoms with Crippen LogP contribution in [0.15, 0.2) is 54.6 Å². The Morgan fingerprint density at radius 2 is 1.70 bits per heavy atom. The van der Waals surface area contributed by atoms with E-state index in [2.05, 4.69) is 16.0 Å². The number of rotatable bonds is 7. The Labute approximate surface area is 177 Å². The summed E-state index contributed by atoms with van der Waals surface area (Å²) in [6, 6.07) is 16.0. The minimum atomic E-state index is -0.582. The third kappa shape index (κ3) is 7.95. The van der Waals surface area contributed by atoms with Gasteiger partial charge in [-0.05, 0) is 57.5 Å². The summed E-state index contributed by atoms with van der Waals surface area (Å²) < 4.78 is 5.13. The zero-order valence-electron chi connectivity index (χ0n) is 17.8. The highest BCUT2D eigenvalue weighted by atomic mass is 16.6. The molecule has 0 radical (unpaired) electrons. The van der Waals surface area contributed by atoms with Gasteiger partial charge in [0, 0.05) is 24.2 Å². The summed E-state index contributed by atoms with van der Waals surface area (Å²) >= 11 is 0. The number of alkyl carbamates (subject to hydrolysis) is 1. The van der Waals surface area contributed by atoms with Crippen LogP contribution in [0.5, 0.6) is 0 Å². The second-order valence-electron chi connectivity index (χ2n) is 7.91. The number of benzene rings is 2. The van der Waals surface area contributed by atoms with Crippen molar-refractivity contribution in [2.75, 3.05) is 11.9 Å². The molecule has 0 aliphatic heterocycles. The maximum Gasteiger partial charge on any atom is 0.407 e. The molecule has 2 aromatic carbocycles. The highest BCUT2D eigenvalue weighted by Gasteiger charge is 2.16. The van der Waals surface area contributed by atoms with E-state index in [1.807, 2.05) is 31.2 Å². The smallest absolute Gasteiger partial charge is 0.407 e. The predicted octanol–water partition coefficient (Wildman–Crippen LogP) is 4.03. The number of hydrogen-bond donors (Lipinski definition) is 3. The maximum atomic E-state index is 12.3. The number of carbonyl (C=O) groups excluding carboxylic acids is 3. The minimum absolute atomic E-state index is 0.133. The lowest BCUT2D eigenvalue weighted by Gasteiger charge is -2.20. The van der Waals surface area contributed by atoms with Crippen LogP contribution in [-0.2, 0) is 9.53 Å². The van der Waals surface area contributed by atoms with Gasteiger partial charge in [0.1, 0.15) is 5.60 Å². The van der Waals surface area contributed by atoms with Crippen molar-refractivity contribution in [1.29, 1.82) is 0 Å². The van der Waals surface area contributed by atoms with Crippen molar-refractivity contribution in [2.24, 2.45) is 0 Å². The van der Waals surface area contributed by atoms with E-state index in [-0.39, 0.29) is 30.8 Å². The van der Waals surface area contributed by atoms with Crippen molar-refractivity contribution < 1.29 is 19.1 Å². The summed E-state index contributed by atoms with van der Waals surface area (Å²) in [5.41, 5.74) is 1.49. The van der Waals surface area contributed by atoms with E-state index < -0.39 is 11.7 Å². The Bertz CT molecular complexity index is 876. The number of nitrogens with one attached hydrogen (secondary N) is 3. The molecule has 0 aromatic heterocycles. The normalized spacial score (nSPS) is 11.9. The van der Waals surface area contributed by atoms with Gasteiger partial charge in [-0.25, -0.2) is 4.79 Å². The molecule has 0 fully saturated rings. The van der Waals surface area contributed by atoms with Crippen molar-refractivity contribution in [3.8, 4) is 0 Å². The monoisotopic (exact) mass is 411 g/mol. The molecule has 7 nitrogen and oxygen atoms in total. The Hall–Kier alpha value is -3.35.